The summed E-state index contributed by atoms with van der Waals surface area (Å²) in [4.78, 5) is 12.0. The lowest BCUT2D eigenvalue weighted by Crippen LogP contribution is -2.53. The second kappa shape index (κ2) is 7.73. The van der Waals surface area contributed by atoms with Crippen molar-refractivity contribution in [1.29, 1.82) is 0 Å². The third-order valence-electron chi connectivity index (χ3n) is 9.93. The van der Waals surface area contributed by atoms with Gasteiger partial charge in [0, 0.05) is 12.8 Å². The lowest BCUT2D eigenvalue weighted by atomic mass is 9.44. The summed E-state index contributed by atoms with van der Waals surface area (Å²) in [5, 5.41) is 0. The van der Waals surface area contributed by atoms with E-state index in [0.717, 1.165) is 48.3 Å². The molecule has 28 heavy (non-hydrogen) atoms. The molecule has 0 unspecified atom stereocenters. The molecule has 0 aromatic carbocycles. The highest BCUT2D eigenvalue weighted by molar-refractivity contribution is 5.91. The van der Waals surface area contributed by atoms with Crippen LogP contribution in [0.5, 0.6) is 0 Å². The summed E-state index contributed by atoms with van der Waals surface area (Å²) in [5.41, 5.74) is 0.841. The van der Waals surface area contributed by atoms with E-state index in [0.29, 0.717) is 11.2 Å². The first kappa shape index (κ1) is 20.9. The summed E-state index contributed by atoms with van der Waals surface area (Å²) in [6.07, 6.45) is 17.5. The van der Waals surface area contributed by atoms with Crippen molar-refractivity contribution in [3.05, 3.63) is 18.8 Å². The van der Waals surface area contributed by atoms with Gasteiger partial charge in [0.1, 0.15) is 5.78 Å². The van der Waals surface area contributed by atoms with Gasteiger partial charge >= 0.3 is 0 Å². The third kappa shape index (κ3) is 3.41. The van der Waals surface area contributed by atoms with Gasteiger partial charge in [-0.3, -0.25) is 4.79 Å². The predicted molar refractivity (Wildman–Crippen MR) is 117 cm³/mol. The van der Waals surface area contributed by atoms with Gasteiger partial charge in [0.2, 0.25) is 0 Å². The maximum atomic E-state index is 12.0. The Balaban J connectivity index is 1.47. The molecular formula is C27H43O. The minimum Gasteiger partial charge on any atom is -0.299 e. The van der Waals surface area contributed by atoms with Gasteiger partial charge in [-0.05, 0) is 97.2 Å². The fourth-order valence-corrected chi connectivity index (χ4v) is 8.32. The molecule has 3 radical (unpaired) electrons. The average molecular weight is 384 g/mol. The molecule has 4 aliphatic rings. The largest absolute Gasteiger partial charge is 0.299 e. The van der Waals surface area contributed by atoms with Gasteiger partial charge in [-0.2, -0.15) is 0 Å². The quantitative estimate of drug-likeness (QED) is 0.488. The fourth-order valence-electron chi connectivity index (χ4n) is 8.32. The molecule has 0 aliphatic heterocycles. The van der Waals surface area contributed by atoms with Gasteiger partial charge in [-0.15, -0.1) is 0 Å². The minimum atomic E-state index is 0.277. The summed E-state index contributed by atoms with van der Waals surface area (Å²) in [6, 6.07) is 0. The highest BCUT2D eigenvalue weighted by Gasteiger charge is 2.60. The molecule has 0 bridgehead atoms. The zero-order chi connectivity index (χ0) is 20.1. The molecule has 0 aromatic heterocycles. The van der Waals surface area contributed by atoms with E-state index in [1.807, 2.05) is 6.42 Å². The smallest absolute Gasteiger partial charge is 0.137 e. The van der Waals surface area contributed by atoms with Crippen LogP contribution in [0, 0.1) is 65.1 Å². The Bertz CT molecular complexity index is 579. The summed E-state index contributed by atoms with van der Waals surface area (Å²) >= 11 is 0. The molecule has 1 heteroatoms. The molecule has 0 saturated heterocycles. The zero-order valence-corrected chi connectivity index (χ0v) is 19.1. The van der Waals surface area contributed by atoms with Crippen molar-refractivity contribution in [3.63, 3.8) is 0 Å². The average Bonchev–Trinajstić information content (AvgIpc) is 2.99. The highest BCUT2D eigenvalue weighted by atomic mass is 16.1. The Morgan fingerprint density at radius 3 is 2.57 bits per heavy atom. The molecule has 4 rings (SSSR count). The lowest BCUT2D eigenvalue weighted by Gasteiger charge is -2.60. The van der Waals surface area contributed by atoms with Crippen molar-refractivity contribution in [2.45, 2.75) is 98.8 Å². The van der Waals surface area contributed by atoms with Crippen molar-refractivity contribution in [2.24, 2.45) is 46.3 Å². The van der Waals surface area contributed by atoms with Crippen LogP contribution in [0.3, 0.4) is 0 Å². The number of carbonyl (C=O) groups is 1. The van der Waals surface area contributed by atoms with Gasteiger partial charge in [0.15, 0.2) is 0 Å². The van der Waals surface area contributed by atoms with Gasteiger partial charge in [0.05, 0.1) is 0 Å². The van der Waals surface area contributed by atoms with Crippen LogP contribution in [0.15, 0.2) is 0 Å². The molecule has 157 valence electrons. The number of fused-ring (bicyclic) bond motifs is 5. The monoisotopic (exact) mass is 383 g/mol. The summed E-state index contributed by atoms with van der Waals surface area (Å²) in [7, 11) is 0. The second-order valence-corrected chi connectivity index (χ2v) is 11.8. The SMILES string of the molecule is CC(C)CCC[C@@H](C)[C@H]1CC[C@H]2[C@@H]3C[CH][C]4[CH]C(=O)CC[C@]4(C)[C@H]3CC[C@]12C. The van der Waals surface area contributed by atoms with Gasteiger partial charge in [-0.25, -0.2) is 0 Å². The van der Waals surface area contributed by atoms with E-state index in [1.54, 1.807) is 0 Å². The molecular weight excluding hydrogens is 340 g/mol. The number of rotatable bonds is 5. The van der Waals surface area contributed by atoms with Crippen LogP contribution in [0.1, 0.15) is 98.8 Å². The van der Waals surface area contributed by atoms with Gasteiger partial charge in [0.25, 0.3) is 0 Å². The van der Waals surface area contributed by atoms with E-state index in [4.69, 9.17) is 0 Å². The van der Waals surface area contributed by atoms with E-state index in [9.17, 15) is 4.79 Å². The maximum absolute atomic E-state index is 12.0. The van der Waals surface area contributed by atoms with Crippen LogP contribution in [0.2, 0.25) is 0 Å². The first-order chi connectivity index (χ1) is 13.3. The first-order valence-corrected chi connectivity index (χ1v) is 12.3. The van der Waals surface area contributed by atoms with E-state index >= 15 is 0 Å². The predicted octanol–water partition coefficient (Wildman–Crippen LogP) is 7.26. The van der Waals surface area contributed by atoms with Crippen LogP contribution in [0.4, 0.5) is 0 Å². The maximum Gasteiger partial charge on any atom is 0.137 e. The number of Topliss-reactive ketones (excluding diaryl/α,β-unsaturated/α-hetero) is 1. The Hall–Kier alpha value is -0.330. The van der Waals surface area contributed by atoms with Crippen molar-refractivity contribution in [2.75, 3.05) is 0 Å². The van der Waals surface area contributed by atoms with Crippen LogP contribution in [-0.2, 0) is 4.79 Å². The Morgan fingerprint density at radius 2 is 1.82 bits per heavy atom. The van der Waals surface area contributed by atoms with Crippen LogP contribution < -0.4 is 0 Å². The van der Waals surface area contributed by atoms with Crippen LogP contribution in [0.25, 0.3) is 0 Å². The molecule has 4 fully saturated rings. The van der Waals surface area contributed by atoms with Crippen LogP contribution in [-0.4, -0.2) is 5.78 Å². The third-order valence-corrected chi connectivity index (χ3v) is 9.93. The molecule has 0 spiro atoms. The molecule has 0 heterocycles. The normalized spacial score (nSPS) is 44.9. The van der Waals surface area contributed by atoms with Crippen molar-refractivity contribution in [1.82, 2.24) is 0 Å². The first-order valence-electron chi connectivity index (χ1n) is 12.3. The molecule has 4 aliphatic carbocycles. The second-order valence-electron chi connectivity index (χ2n) is 11.8. The minimum absolute atomic E-state index is 0.277. The van der Waals surface area contributed by atoms with Crippen molar-refractivity contribution < 1.29 is 4.79 Å². The topological polar surface area (TPSA) is 17.1 Å². The Morgan fingerprint density at radius 1 is 1.04 bits per heavy atom. The molecule has 4 saturated carbocycles. The summed E-state index contributed by atoms with van der Waals surface area (Å²) in [5.74, 6) is 7.00. The number of hydrogen-bond donors (Lipinski definition) is 0. The molecule has 7 atom stereocenters. The van der Waals surface area contributed by atoms with Crippen molar-refractivity contribution in [3.8, 4) is 0 Å². The molecule has 0 amide bonds. The van der Waals surface area contributed by atoms with Crippen molar-refractivity contribution >= 4 is 5.78 Å². The molecule has 0 N–H and O–H groups in total. The summed E-state index contributed by atoms with van der Waals surface area (Å²) in [6.45, 7) is 12.4. The van der Waals surface area contributed by atoms with Gasteiger partial charge < -0.3 is 0 Å². The van der Waals surface area contributed by atoms with Gasteiger partial charge in [-0.1, -0.05) is 53.9 Å². The zero-order valence-electron chi connectivity index (χ0n) is 19.1. The number of carbonyl (C=O) groups excluding carboxylic acids is 1. The van der Waals surface area contributed by atoms with Crippen LogP contribution >= 0.6 is 0 Å². The Kier molecular flexibility index (Phi) is 5.78. The van der Waals surface area contributed by atoms with E-state index < -0.39 is 0 Å². The van der Waals surface area contributed by atoms with E-state index in [-0.39, 0.29) is 5.41 Å². The standard InChI is InChI=1S/C27H43O/c1-18(2)7-6-8-19(3)23-11-12-24-22-10-9-20-17-21(28)13-15-26(20,4)25(22)14-16-27(23,24)5/h9,17-19,22-25H,6-8,10-16H2,1-5H3/t19-,22+,23-,24+,25+,26+,27-/m1/s1. The summed E-state index contributed by atoms with van der Waals surface area (Å²) < 4.78 is 0. The highest BCUT2D eigenvalue weighted by Crippen LogP contribution is 2.68. The van der Waals surface area contributed by atoms with E-state index in [1.165, 1.54) is 57.3 Å². The number of hydrogen-bond acceptors (Lipinski definition) is 1. The Labute approximate surface area is 174 Å². The van der Waals surface area contributed by atoms with E-state index in [2.05, 4.69) is 41.0 Å². The fraction of sp³-hybridized carbons (Fsp3) is 0.852. The molecule has 0 aromatic rings. The number of ketones is 1. The lowest BCUT2D eigenvalue weighted by molar-refractivity contribution is -0.120. The molecule has 1 nitrogen and oxygen atoms in total.